The molecule has 2 aromatic rings. The van der Waals surface area contributed by atoms with Gasteiger partial charge in [-0.15, -0.1) is 0 Å². The maximum absolute atomic E-state index is 13.0. The molecule has 0 aliphatic carbocycles. The Hall–Kier alpha value is -2.28. The Balaban J connectivity index is 1.59. The van der Waals surface area contributed by atoms with Crippen LogP contribution in [0.4, 0.5) is 0 Å². The molecule has 6 nitrogen and oxygen atoms in total. The van der Waals surface area contributed by atoms with Gasteiger partial charge in [0.25, 0.3) is 0 Å². The molecule has 2 heterocycles. The monoisotopic (exact) mass is 429 g/mol. The van der Waals surface area contributed by atoms with Gasteiger partial charge in [-0.3, -0.25) is 4.79 Å². The Kier molecular flexibility index (Phi) is 7.96. The van der Waals surface area contributed by atoms with E-state index >= 15 is 0 Å². The van der Waals surface area contributed by atoms with Crippen LogP contribution in [-0.4, -0.2) is 53.3 Å². The molecule has 0 radical (unpaired) electrons. The maximum atomic E-state index is 13.0. The van der Waals surface area contributed by atoms with Gasteiger partial charge >= 0.3 is 0 Å². The van der Waals surface area contributed by atoms with Crippen LogP contribution < -0.4 is 9.47 Å². The molecule has 1 atom stereocenters. The standard InChI is InChI=1S/C23H31N3O3S/c1-16-13-17(2)25-23(24-16)30-15-22(27)26-12-6-5-7-19(26)10-8-18-9-11-20(28-3)21(14-18)29-4/h9,11,13-14,19H,5-8,10,12,15H2,1-4H3. The van der Waals surface area contributed by atoms with E-state index in [0.29, 0.717) is 10.9 Å². The fourth-order valence-corrected chi connectivity index (χ4v) is 4.80. The number of thioether (sulfide) groups is 1. The van der Waals surface area contributed by atoms with Gasteiger partial charge in [-0.1, -0.05) is 17.8 Å². The summed E-state index contributed by atoms with van der Waals surface area (Å²) in [6.07, 6.45) is 5.16. The van der Waals surface area contributed by atoms with Crippen LogP contribution in [0.5, 0.6) is 11.5 Å². The predicted molar refractivity (Wildman–Crippen MR) is 119 cm³/mol. The Morgan fingerprint density at radius 3 is 2.53 bits per heavy atom. The number of piperidine rings is 1. The topological polar surface area (TPSA) is 64.5 Å². The van der Waals surface area contributed by atoms with Crippen molar-refractivity contribution in [3.05, 3.63) is 41.2 Å². The first-order valence-corrected chi connectivity index (χ1v) is 11.4. The third-order valence-electron chi connectivity index (χ3n) is 5.45. The molecule has 30 heavy (non-hydrogen) atoms. The summed E-state index contributed by atoms with van der Waals surface area (Å²) >= 11 is 1.43. The lowest BCUT2D eigenvalue weighted by Gasteiger charge is -2.36. The van der Waals surface area contributed by atoms with Crippen molar-refractivity contribution in [2.75, 3.05) is 26.5 Å². The highest BCUT2D eigenvalue weighted by atomic mass is 32.2. The van der Waals surface area contributed by atoms with E-state index in [2.05, 4.69) is 20.9 Å². The zero-order chi connectivity index (χ0) is 21.5. The van der Waals surface area contributed by atoms with E-state index in [1.54, 1.807) is 14.2 Å². The lowest BCUT2D eigenvalue weighted by Crippen LogP contribution is -2.44. The maximum Gasteiger partial charge on any atom is 0.233 e. The molecular formula is C23H31N3O3S. The second-order valence-corrected chi connectivity index (χ2v) is 8.63. The van der Waals surface area contributed by atoms with Gasteiger partial charge in [-0.25, -0.2) is 9.97 Å². The van der Waals surface area contributed by atoms with Crippen molar-refractivity contribution in [3.8, 4) is 11.5 Å². The number of benzene rings is 1. The first-order valence-electron chi connectivity index (χ1n) is 10.5. The second kappa shape index (κ2) is 10.7. The molecule has 162 valence electrons. The smallest absolute Gasteiger partial charge is 0.233 e. The van der Waals surface area contributed by atoms with Gasteiger partial charge in [0.1, 0.15) is 0 Å². The van der Waals surface area contributed by atoms with E-state index in [9.17, 15) is 4.79 Å². The van der Waals surface area contributed by atoms with Gasteiger partial charge in [0.2, 0.25) is 5.91 Å². The summed E-state index contributed by atoms with van der Waals surface area (Å²) in [5.74, 6) is 2.05. The van der Waals surface area contributed by atoms with Crippen molar-refractivity contribution in [1.82, 2.24) is 14.9 Å². The Morgan fingerprint density at radius 2 is 1.83 bits per heavy atom. The van der Waals surface area contributed by atoms with Gasteiger partial charge in [-0.05, 0) is 69.7 Å². The summed E-state index contributed by atoms with van der Waals surface area (Å²) < 4.78 is 10.7. The Labute approximate surface area is 183 Å². The van der Waals surface area contributed by atoms with Gasteiger partial charge in [0, 0.05) is 24.0 Å². The molecule has 1 aliphatic heterocycles. The highest BCUT2D eigenvalue weighted by molar-refractivity contribution is 7.99. The molecule has 1 aliphatic rings. The molecular weight excluding hydrogens is 398 g/mol. The van der Waals surface area contributed by atoms with Crippen molar-refractivity contribution in [2.45, 2.75) is 57.1 Å². The SMILES string of the molecule is COc1ccc(CCC2CCCCN2C(=O)CSc2nc(C)cc(C)n2)cc1OC. The van der Waals surface area contributed by atoms with E-state index < -0.39 is 0 Å². The number of aryl methyl sites for hydroxylation is 3. The first kappa shape index (κ1) is 22.4. The van der Waals surface area contributed by atoms with Crippen molar-refractivity contribution >= 4 is 17.7 Å². The number of nitrogens with zero attached hydrogens (tertiary/aromatic N) is 3. The summed E-state index contributed by atoms with van der Waals surface area (Å²) in [5.41, 5.74) is 3.06. The van der Waals surface area contributed by atoms with Crippen LogP contribution in [0.1, 0.15) is 42.6 Å². The molecule has 1 unspecified atom stereocenters. The number of ether oxygens (including phenoxy) is 2. The molecule has 0 saturated carbocycles. The lowest BCUT2D eigenvalue weighted by molar-refractivity contribution is -0.132. The number of carbonyl (C=O) groups excluding carboxylic acids is 1. The number of methoxy groups -OCH3 is 2. The van der Waals surface area contributed by atoms with Gasteiger partial charge < -0.3 is 14.4 Å². The van der Waals surface area contributed by atoms with Crippen LogP contribution >= 0.6 is 11.8 Å². The molecule has 0 spiro atoms. The van der Waals surface area contributed by atoms with E-state index in [1.807, 2.05) is 32.0 Å². The lowest BCUT2D eigenvalue weighted by atomic mass is 9.95. The summed E-state index contributed by atoms with van der Waals surface area (Å²) in [6, 6.07) is 8.27. The van der Waals surface area contributed by atoms with Crippen LogP contribution in [0.2, 0.25) is 0 Å². The number of carbonyl (C=O) groups is 1. The molecule has 1 fully saturated rings. The van der Waals surface area contributed by atoms with Crippen LogP contribution in [0, 0.1) is 13.8 Å². The minimum atomic E-state index is 0.180. The average molecular weight is 430 g/mol. The molecule has 0 N–H and O–H groups in total. The predicted octanol–water partition coefficient (Wildman–Crippen LogP) is 4.22. The van der Waals surface area contributed by atoms with Gasteiger partial charge in [-0.2, -0.15) is 0 Å². The first-order chi connectivity index (χ1) is 14.5. The number of hydrogen-bond acceptors (Lipinski definition) is 6. The molecule has 7 heteroatoms. The zero-order valence-electron chi connectivity index (χ0n) is 18.3. The molecule has 1 saturated heterocycles. The molecule has 1 aromatic heterocycles. The van der Waals surface area contributed by atoms with Crippen molar-refractivity contribution in [3.63, 3.8) is 0 Å². The van der Waals surface area contributed by atoms with Crippen LogP contribution in [0.3, 0.4) is 0 Å². The quantitative estimate of drug-likeness (QED) is 0.462. The second-order valence-electron chi connectivity index (χ2n) is 7.69. The van der Waals surface area contributed by atoms with E-state index in [1.165, 1.54) is 23.7 Å². The number of likely N-dealkylation sites (tertiary alicyclic amines) is 1. The van der Waals surface area contributed by atoms with E-state index in [0.717, 1.165) is 55.1 Å². The van der Waals surface area contributed by atoms with Crippen LogP contribution in [-0.2, 0) is 11.2 Å². The van der Waals surface area contributed by atoms with E-state index in [-0.39, 0.29) is 11.9 Å². The highest BCUT2D eigenvalue weighted by Crippen LogP contribution is 2.29. The Bertz CT molecular complexity index is 855. The minimum absolute atomic E-state index is 0.180. The average Bonchev–Trinajstić information content (AvgIpc) is 2.75. The third-order valence-corrected chi connectivity index (χ3v) is 6.28. The normalized spacial score (nSPS) is 16.4. The number of rotatable bonds is 8. The van der Waals surface area contributed by atoms with Crippen LogP contribution in [0.25, 0.3) is 0 Å². The van der Waals surface area contributed by atoms with Crippen molar-refractivity contribution in [2.24, 2.45) is 0 Å². The minimum Gasteiger partial charge on any atom is -0.493 e. The number of amides is 1. The van der Waals surface area contributed by atoms with Gasteiger partial charge in [0.15, 0.2) is 16.7 Å². The van der Waals surface area contributed by atoms with E-state index in [4.69, 9.17) is 9.47 Å². The summed E-state index contributed by atoms with van der Waals surface area (Å²) in [4.78, 5) is 23.9. The summed E-state index contributed by atoms with van der Waals surface area (Å²) in [7, 11) is 3.30. The van der Waals surface area contributed by atoms with Crippen molar-refractivity contribution < 1.29 is 14.3 Å². The summed E-state index contributed by atoms with van der Waals surface area (Å²) in [5, 5.41) is 0.680. The molecule has 0 bridgehead atoms. The Morgan fingerprint density at radius 1 is 1.10 bits per heavy atom. The number of hydrogen-bond donors (Lipinski definition) is 0. The summed E-state index contributed by atoms with van der Waals surface area (Å²) in [6.45, 7) is 4.74. The fourth-order valence-electron chi connectivity index (χ4n) is 3.97. The highest BCUT2D eigenvalue weighted by Gasteiger charge is 2.26. The molecule has 1 amide bonds. The molecule has 1 aromatic carbocycles. The zero-order valence-corrected chi connectivity index (χ0v) is 19.1. The molecule has 3 rings (SSSR count). The number of aromatic nitrogens is 2. The third kappa shape index (κ3) is 5.88. The van der Waals surface area contributed by atoms with Crippen LogP contribution in [0.15, 0.2) is 29.4 Å². The largest absolute Gasteiger partial charge is 0.493 e. The fraction of sp³-hybridized carbons (Fsp3) is 0.522. The van der Waals surface area contributed by atoms with Gasteiger partial charge in [0.05, 0.1) is 20.0 Å². The van der Waals surface area contributed by atoms with Crippen molar-refractivity contribution in [1.29, 1.82) is 0 Å².